The molecule has 6 heterocycles. The Bertz CT molecular complexity index is 2110. The zero-order valence-electron chi connectivity index (χ0n) is 30.8. The van der Waals surface area contributed by atoms with Crippen LogP contribution >= 0.6 is 22.7 Å². The van der Waals surface area contributed by atoms with E-state index in [1.807, 2.05) is 43.7 Å². The lowest BCUT2D eigenvalue weighted by molar-refractivity contribution is -0.138. The number of methoxy groups -OCH3 is 1. The van der Waals surface area contributed by atoms with Gasteiger partial charge in [-0.2, -0.15) is 0 Å². The van der Waals surface area contributed by atoms with Crippen molar-refractivity contribution in [3.63, 3.8) is 0 Å². The van der Waals surface area contributed by atoms with E-state index in [0.29, 0.717) is 13.1 Å². The fourth-order valence-electron chi connectivity index (χ4n) is 7.51. The van der Waals surface area contributed by atoms with E-state index in [2.05, 4.69) is 50.9 Å². The quantitative estimate of drug-likeness (QED) is 0.122. The molecule has 0 radical (unpaired) electrons. The second-order valence-electron chi connectivity index (χ2n) is 14.6. The van der Waals surface area contributed by atoms with E-state index < -0.39 is 18.2 Å². The molecule has 2 fully saturated rings. The molecule has 7 rings (SSSR count). The van der Waals surface area contributed by atoms with Crippen LogP contribution < -0.4 is 10.6 Å². The zero-order valence-corrected chi connectivity index (χ0v) is 32.5. The van der Waals surface area contributed by atoms with E-state index in [1.165, 1.54) is 14.0 Å². The Morgan fingerprint density at radius 2 is 1.47 bits per heavy atom. The van der Waals surface area contributed by atoms with Gasteiger partial charge in [-0.3, -0.25) is 14.4 Å². The highest BCUT2D eigenvalue weighted by Crippen LogP contribution is 2.42. The first-order valence-corrected chi connectivity index (χ1v) is 19.9. The van der Waals surface area contributed by atoms with Gasteiger partial charge in [0, 0.05) is 34.5 Å². The number of fused-ring (bicyclic) bond motifs is 2. The molecule has 0 saturated carbocycles. The van der Waals surface area contributed by atoms with Crippen molar-refractivity contribution in [2.75, 3.05) is 20.2 Å². The average Bonchev–Trinajstić information content (AvgIpc) is 3.96. The Labute approximate surface area is 315 Å². The van der Waals surface area contributed by atoms with E-state index in [9.17, 15) is 19.2 Å². The molecule has 4 amide bonds. The molecule has 4 aromatic heterocycles. The predicted molar refractivity (Wildman–Crippen MR) is 206 cm³/mol. The minimum Gasteiger partial charge on any atom is -0.453 e. The van der Waals surface area contributed by atoms with Gasteiger partial charge in [0.25, 0.3) is 0 Å². The van der Waals surface area contributed by atoms with Crippen LogP contribution in [0.25, 0.3) is 41.4 Å². The number of rotatable bonds is 10. The summed E-state index contributed by atoms with van der Waals surface area (Å²) in [5.74, 6) is 0.982. The molecular formula is C38H46N8O5S2. The van der Waals surface area contributed by atoms with Gasteiger partial charge in [0.1, 0.15) is 23.7 Å². The molecule has 2 aliphatic heterocycles. The lowest BCUT2D eigenvalue weighted by Gasteiger charge is -2.30. The number of hydrogen-bond acceptors (Lipinski definition) is 9. The van der Waals surface area contributed by atoms with Crippen molar-refractivity contribution in [2.45, 2.75) is 84.5 Å². The number of nitrogens with zero attached hydrogens (tertiary/aromatic N) is 4. The third kappa shape index (κ3) is 7.28. The molecule has 2 saturated heterocycles. The van der Waals surface area contributed by atoms with Gasteiger partial charge < -0.3 is 35.1 Å². The van der Waals surface area contributed by atoms with Gasteiger partial charge in [0.2, 0.25) is 17.7 Å². The number of ether oxygens (including phenoxy) is 1. The lowest BCUT2D eigenvalue weighted by Crippen LogP contribution is -2.51. The summed E-state index contributed by atoms with van der Waals surface area (Å²) < 4.78 is 5.90. The Balaban J connectivity index is 1.07. The number of likely N-dealkylation sites (tertiary alicyclic amines) is 2. The minimum absolute atomic E-state index is 0.0253. The molecule has 0 spiro atoms. The maximum Gasteiger partial charge on any atom is 0.407 e. The van der Waals surface area contributed by atoms with Crippen molar-refractivity contribution in [2.24, 2.45) is 11.8 Å². The number of alkyl carbamates (subject to hydrolysis) is 1. The second-order valence-corrected chi connectivity index (χ2v) is 16.8. The molecule has 15 heteroatoms. The molecule has 2 aliphatic rings. The number of carbonyl (C=O) groups excluding carboxylic acids is 4. The van der Waals surface area contributed by atoms with Crippen LogP contribution in [0.5, 0.6) is 0 Å². The summed E-state index contributed by atoms with van der Waals surface area (Å²) in [5.41, 5.74) is 2.67. The Hall–Kier alpha value is -4.76. The van der Waals surface area contributed by atoms with Gasteiger partial charge in [-0.25, -0.2) is 14.8 Å². The van der Waals surface area contributed by atoms with Crippen LogP contribution in [-0.2, 0) is 19.1 Å². The topological polar surface area (TPSA) is 165 Å². The van der Waals surface area contributed by atoms with Gasteiger partial charge in [0.05, 0.1) is 47.0 Å². The van der Waals surface area contributed by atoms with Gasteiger partial charge in [-0.1, -0.05) is 27.7 Å². The average molecular weight is 759 g/mol. The van der Waals surface area contributed by atoms with Crippen LogP contribution in [0.4, 0.5) is 4.79 Å². The molecule has 280 valence electrons. The molecule has 4 atom stereocenters. The molecule has 0 aliphatic carbocycles. The Morgan fingerprint density at radius 3 is 2.11 bits per heavy atom. The van der Waals surface area contributed by atoms with Crippen molar-refractivity contribution >= 4 is 67.6 Å². The number of nitrogens with one attached hydrogen (secondary N) is 4. The molecule has 13 nitrogen and oxygen atoms in total. The van der Waals surface area contributed by atoms with Gasteiger partial charge in [-0.15, -0.1) is 22.7 Å². The summed E-state index contributed by atoms with van der Waals surface area (Å²) in [5, 5.41) is 6.64. The zero-order chi connectivity index (χ0) is 37.6. The molecule has 0 bridgehead atoms. The van der Waals surface area contributed by atoms with Crippen LogP contribution in [0.1, 0.15) is 84.0 Å². The van der Waals surface area contributed by atoms with Crippen LogP contribution in [0.3, 0.4) is 0 Å². The monoisotopic (exact) mass is 758 g/mol. The summed E-state index contributed by atoms with van der Waals surface area (Å²) in [6.07, 6.45) is 4.57. The maximum atomic E-state index is 13.6. The van der Waals surface area contributed by atoms with Crippen LogP contribution in [0, 0.1) is 11.8 Å². The summed E-state index contributed by atoms with van der Waals surface area (Å²) in [6, 6.07) is 9.04. The third-order valence-corrected chi connectivity index (χ3v) is 12.6. The number of carbonyl (C=O) groups is 4. The summed E-state index contributed by atoms with van der Waals surface area (Å²) >= 11 is 3.41. The van der Waals surface area contributed by atoms with Crippen molar-refractivity contribution in [3.8, 4) is 20.3 Å². The van der Waals surface area contributed by atoms with Crippen molar-refractivity contribution in [1.82, 2.24) is 40.4 Å². The fraction of sp³-hybridized carbons (Fsp3) is 0.474. The number of aromatic amines is 2. The van der Waals surface area contributed by atoms with E-state index in [0.717, 1.165) is 78.8 Å². The van der Waals surface area contributed by atoms with E-state index in [4.69, 9.17) is 14.7 Å². The van der Waals surface area contributed by atoms with Gasteiger partial charge in [0.15, 0.2) is 0 Å². The first kappa shape index (κ1) is 36.6. The minimum atomic E-state index is -0.683. The lowest BCUT2D eigenvalue weighted by atomic mass is 10.0. The van der Waals surface area contributed by atoms with E-state index in [-0.39, 0.29) is 41.6 Å². The molecular weight excluding hydrogens is 713 g/mol. The number of imidazole rings is 2. The standard InChI is InChI=1S/C38H46N8O5S2/c1-19(2)32(40-21(5)47)36(48)45-13-7-9-26(45)34-39-18-25(43-34)28-11-12-29(52-28)31-16-22-15-23-24(17-30(22)53-31)42-35(41-23)27-10-8-14-46(27)37(49)33(20(3)4)44-38(50)51-6/h11-12,15-20,26-27,32-33H,7-10,13-14H2,1-6H3,(H,39,43)(H,40,47)(H,41,42)(H,44,50)/t26-,27-,32?,33?/m0/s1. The normalized spacial score (nSPS) is 18.7. The smallest absolute Gasteiger partial charge is 0.407 e. The predicted octanol–water partition coefficient (Wildman–Crippen LogP) is 6.76. The molecule has 5 aromatic rings. The summed E-state index contributed by atoms with van der Waals surface area (Å²) in [7, 11) is 1.30. The van der Waals surface area contributed by atoms with Gasteiger partial charge in [-0.05, 0) is 73.2 Å². The Kier molecular flexibility index (Phi) is 10.3. The molecule has 53 heavy (non-hydrogen) atoms. The van der Waals surface area contributed by atoms with Gasteiger partial charge >= 0.3 is 6.09 Å². The number of thiophene rings is 2. The van der Waals surface area contributed by atoms with Crippen LogP contribution in [-0.4, -0.2) is 85.8 Å². The first-order chi connectivity index (χ1) is 25.4. The van der Waals surface area contributed by atoms with Crippen molar-refractivity contribution in [1.29, 1.82) is 0 Å². The molecule has 2 unspecified atom stereocenters. The molecule has 1 aromatic carbocycles. The van der Waals surface area contributed by atoms with Crippen molar-refractivity contribution in [3.05, 3.63) is 48.2 Å². The number of amides is 4. The van der Waals surface area contributed by atoms with E-state index in [1.54, 1.807) is 22.7 Å². The largest absolute Gasteiger partial charge is 0.453 e. The van der Waals surface area contributed by atoms with Crippen LogP contribution in [0.15, 0.2) is 36.5 Å². The number of hydrogen-bond donors (Lipinski definition) is 4. The highest BCUT2D eigenvalue weighted by atomic mass is 32.1. The van der Waals surface area contributed by atoms with Crippen molar-refractivity contribution < 1.29 is 23.9 Å². The highest BCUT2D eigenvalue weighted by Gasteiger charge is 2.39. The third-order valence-electron chi connectivity index (χ3n) is 10.2. The number of aromatic nitrogens is 4. The SMILES string of the molecule is COC(=O)NC(C(=O)N1CCC[C@H]1c1nc2cc3cc(-c4ccc(-c5cnc([C@@H]6CCCN6C(=O)C(NC(C)=O)C(C)C)[nH]5)s4)sc3cc2[nH]1)C(C)C. The second kappa shape index (κ2) is 14.9. The summed E-state index contributed by atoms with van der Waals surface area (Å²) in [6.45, 7) is 10.4. The fourth-order valence-corrected chi connectivity index (χ4v) is 9.64. The summed E-state index contributed by atoms with van der Waals surface area (Å²) in [4.78, 5) is 74.6. The Morgan fingerprint density at radius 1 is 0.830 bits per heavy atom. The number of benzene rings is 1. The maximum absolute atomic E-state index is 13.6. The van der Waals surface area contributed by atoms with Crippen LogP contribution in [0.2, 0.25) is 0 Å². The van der Waals surface area contributed by atoms with E-state index >= 15 is 0 Å². The number of H-pyrrole nitrogens is 2. The molecule has 4 N–H and O–H groups in total. The first-order valence-electron chi connectivity index (χ1n) is 18.2. The highest BCUT2D eigenvalue weighted by molar-refractivity contribution is 7.27.